The third-order valence-electron chi connectivity index (χ3n) is 3.42. The Morgan fingerprint density at radius 3 is 2.21 bits per heavy atom. The minimum atomic E-state index is -0.647. The summed E-state index contributed by atoms with van der Waals surface area (Å²) in [6.07, 6.45) is 0.356. The molecule has 2 heteroatoms. The molecule has 1 nitrogen and oxygen atoms in total. The molecule has 0 amide bonds. The Morgan fingerprint density at radius 2 is 1.86 bits per heavy atom. The molecule has 14 heavy (non-hydrogen) atoms. The molecule has 1 fully saturated rings. The van der Waals surface area contributed by atoms with E-state index in [1.54, 1.807) is 0 Å². The van der Waals surface area contributed by atoms with Gasteiger partial charge in [0.25, 0.3) is 0 Å². The van der Waals surface area contributed by atoms with Crippen LogP contribution in [-0.4, -0.2) is 30.2 Å². The summed E-state index contributed by atoms with van der Waals surface area (Å²) in [5, 5.41) is 0. The van der Waals surface area contributed by atoms with Crippen LogP contribution in [0.3, 0.4) is 0 Å². The predicted octanol–water partition coefficient (Wildman–Crippen LogP) is 3.10. The summed E-state index contributed by atoms with van der Waals surface area (Å²) < 4.78 is 13.9. The molecule has 0 aromatic heterocycles. The molecule has 0 saturated carbocycles. The Morgan fingerprint density at radius 1 is 1.29 bits per heavy atom. The van der Waals surface area contributed by atoms with Crippen LogP contribution in [0.25, 0.3) is 0 Å². The molecule has 2 unspecified atom stereocenters. The first-order valence-corrected chi connectivity index (χ1v) is 5.70. The van der Waals surface area contributed by atoms with Crippen molar-refractivity contribution in [1.29, 1.82) is 0 Å². The molecule has 0 spiro atoms. The van der Waals surface area contributed by atoms with Crippen molar-refractivity contribution in [2.24, 2.45) is 11.3 Å². The molecule has 0 N–H and O–H groups in total. The fourth-order valence-corrected chi connectivity index (χ4v) is 2.37. The molecule has 2 atom stereocenters. The van der Waals surface area contributed by atoms with E-state index in [1.807, 2.05) is 0 Å². The van der Waals surface area contributed by atoms with Crippen molar-refractivity contribution in [1.82, 2.24) is 4.90 Å². The van der Waals surface area contributed by atoms with Gasteiger partial charge in [0, 0.05) is 12.6 Å². The summed E-state index contributed by atoms with van der Waals surface area (Å²) in [6, 6.07) is 0.481. The topological polar surface area (TPSA) is 3.24 Å². The predicted molar refractivity (Wildman–Crippen MR) is 59.2 cm³/mol. The zero-order chi connectivity index (χ0) is 10.9. The normalized spacial score (nSPS) is 31.1. The van der Waals surface area contributed by atoms with E-state index in [0.29, 0.717) is 12.6 Å². The van der Waals surface area contributed by atoms with Crippen LogP contribution in [0.2, 0.25) is 0 Å². The maximum Gasteiger partial charge on any atom is 0.116 e. The van der Waals surface area contributed by atoms with Crippen molar-refractivity contribution in [2.75, 3.05) is 13.1 Å². The van der Waals surface area contributed by atoms with Gasteiger partial charge in [-0.15, -0.1) is 0 Å². The van der Waals surface area contributed by atoms with Crippen LogP contribution in [0.5, 0.6) is 0 Å². The highest BCUT2D eigenvalue weighted by Crippen LogP contribution is 2.36. The van der Waals surface area contributed by atoms with Gasteiger partial charge >= 0.3 is 0 Å². The van der Waals surface area contributed by atoms with Crippen molar-refractivity contribution < 1.29 is 4.39 Å². The van der Waals surface area contributed by atoms with Crippen molar-refractivity contribution in [2.45, 2.75) is 53.3 Å². The van der Waals surface area contributed by atoms with E-state index in [-0.39, 0.29) is 11.3 Å². The average Bonchev–Trinajstić information content (AvgIpc) is 2.01. The van der Waals surface area contributed by atoms with E-state index in [1.165, 1.54) is 0 Å². The lowest BCUT2D eigenvalue weighted by atomic mass is 9.74. The minimum Gasteiger partial charge on any atom is -0.298 e. The zero-order valence-electron chi connectivity index (χ0n) is 10.2. The molecule has 0 aliphatic carbocycles. The number of piperidine rings is 1. The number of hydrogen-bond acceptors (Lipinski definition) is 1. The summed E-state index contributed by atoms with van der Waals surface area (Å²) in [4.78, 5) is 2.24. The first-order valence-electron chi connectivity index (χ1n) is 5.70. The van der Waals surface area contributed by atoms with Crippen LogP contribution in [0, 0.1) is 11.3 Å². The van der Waals surface area contributed by atoms with Crippen LogP contribution in [0.15, 0.2) is 0 Å². The van der Waals surface area contributed by atoms with Gasteiger partial charge < -0.3 is 0 Å². The summed E-state index contributed by atoms with van der Waals surface area (Å²) in [6.45, 7) is 12.4. The van der Waals surface area contributed by atoms with Crippen molar-refractivity contribution in [3.05, 3.63) is 0 Å². The Balaban J connectivity index is 2.56. The number of rotatable bonds is 1. The Hall–Kier alpha value is -0.110. The first-order chi connectivity index (χ1) is 6.32. The highest BCUT2D eigenvalue weighted by molar-refractivity contribution is 4.88. The number of nitrogens with zero attached hydrogens (tertiary/aromatic N) is 1. The van der Waals surface area contributed by atoms with Gasteiger partial charge in [0.2, 0.25) is 0 Å². The molecule has 1 rings (SSSR count). The summed E-state index contributed by atoms with van der Waals surface area (Å²) in [5.41, 5.74) is 0.114. The van der Waals surface area contributed by atoms with Crippen LogP contribution in [0.4, 0.5) is 4.39 Å². The highest BCUT2D eigenvalue weighted by atomic mass is 19.1. The van der Waals surface area contributed by atoms with Gasteiger partial charge in [-0.05, 0) is 38.1 Å². The SMILES string of the molecule is CC(C)N1CCC(C(C)(C)C)C(F)C1. The lowest BCUT2D eigenvalue weighted by Gasteiger charge is -2.42. The van der Waals surface area contributed by atoms with E-state index < -0.39 is 6.17 Å². The molecule has 1 saturated heterocycles. The summed E-state index contributed by atoms with van der Waals surface area (Å²) >= 11 is 0. The first kappa shape index (κ1) is 12.0. The molecular weight excluding hydrogens is 177 g/mol. The molecule has 0 radical (unpaired) electrons. The highest BCUT2D eigenvalue weighted by Gasteiger charge is 2.37. The fourth-order valence-electron chi connectivity index (χ4n) is 2.37. The van der Waals surface area contributed by atoms with E-state index >= 15 is 0 Å². The van der Waals surface area contributed by atoms with Gasteiger partial charge in [0.05, 0.1) is 0 Å². The Kier molecular flexibility index (Phi) is 3.57. The second-order valence-corrected chi connectivity index (χ2v) is 5.87. The standard InChI is InChI=1S/C12H24FN/c1-9(2)14-7-6-10(11(13)8-14)12(3,4)5/h9-11H,6-8H2,1-5H3. The maximum absolute atomic E-state index is 13.9. The monoisotopic (exact) mass is 201 g/mol. The number of halogens is 1. The van der Waals surface area contributed by atoms with Gasteiger partial charge in [-0.3, -0.25) is 4.90 Å². The van der Waals surface area contributed by atoms with Crippen molar-refractivity contribution in [3.63, 3.8) is 0 Å². The Labute approximate surface area is 87.7 Å². The van der Waals surface area contributed by atoms with E-state index in [0.717, 1.165) is 13.0 Å². The smallest absolute Gasteiger partial charge is 0.116 e. The summed E-state index contributed by atoms with van der Waals surface area (Å²) in [7, 11) is 0. The molecule has 0 aromatic carbocycles. The van der Waals surface area contributed by atoms with E-state index in [2.05, 4.69) is 39.5 Å². The van der Waals surface area contributed by atoms with Crippen LogP contribution in [-0.2, 0) is 0 Å². The van der Waals surface area contributed by atoms with Crippen molar-refractivity contribution in [3.8, 4) is 0 Å². The van der Waals surface area contributed by atoms with Gasteiger partial charge in [-0.1, -0.05) is 20.8 Å². The van der Waals surface area contributed by atoms with Crippen LogP contribution < -0.4 is 0 Å². The lowest BCUT2D eigenvalue weighted by molar-refractivity contribution is 0.0144. The maximum atomic E-state index is 13.9. The number of hydrogen-bond donors (Lipinski definition) is 0. The van der Waals surface area contributed by atoms with E-state index in [4.69, 9.17) is 0 Å². The lowest BCUT2D eigenvalue weighted by Crippen LogP contribution is -2.48. The quantitative estimate of drug-likeness (QED) is 0.630. The molecule has 0 aromatic rings. The molecular formula is C12H24FN. The largest absolute Gasteiger partial charge is 0.298 e. The van der Waals surface area contributed by atoms with Crippen LogP contribution in [0.1, 0.15) is 41.0 Å². The van der Waals surface area contributed by atoms with Crippen LogP contribution >= 0.6 is 0 Å². The van der Waals surface area contributed by atoms with Crippen molar-refractivity contribution >= 4 is 0 Å². The second-order valence-electron chi connectivity index (χ2n) is 5.87. The Bertz CT molecular complexity index is 183. The molecule has 1 aliphatic rings. The van der Waals surface area contributed by atoms with Gasteiger partial charge in [-0.25, -0.2) is 4.39 Å². The molecule has 1 aliphatic heterocycles. The second kappa shape index (κ2) is 4.18. The number of alkyl halides is 1. The third kappa shape index (κ3) is 2.69. The van der Waals surface area contributed by atoms with Gasteiger partial charge in [-0.2, -0.15) is 0 Å². The number of likely N-dealkylation sites (tertiary alicyclic amines) is 1. The van der Waals surface area contributed by atoms with E-state index in [9.17, 15) is 4.39 Å². The minimum absolute atomic E-state index is 0.114. The fraction of sp³-hybridized carbons (Fsp3) is 1.00. The zero-order valence-corrected chi connectivity index (χ0v) is 10.2. The molecule has 1 heterocycles. The summed E-state index contributed by atoms with van der Waals surface area (Å²) in [5.74, 6) is 0.234. The van der Waals surface area contributed by atoms with Gasteiger partial charge in [0.1, 0.15) is 6.17 Å². The van der Waals surface area contributed by atoms with Gasteiger partial charge in [0.15, 0.2) is 0 Å². The molecule has 0 bridgehead atoms. The average molecular weight is 201 g/mol. The molecule has 84 valence electrons. The third-order valence-corrected chi connectivity index (χ3v) is 3.42.